The van der Waals surface area contributed by atoms with Gasteiger partial charge in [0, 0.05) is 15.9 Å². The van der Waals surface area contributed by atoms with Crippen LogP contribution in [0, 0.1) is 0 Å². The van der Waals surface area contributed by atoms with Crippen LogP contribution in [0.4, 0.5) is 11.4 Å². The molecule has 1 amide bonds. The van der Waals surface area contributed by atoms with E-state index < -0.39 is 18.0 Å². The van der Waals surface area contributed by atoms with E-state index in [0.717, 1.165) is 26.7 Å². The summed E-state index contributed by atoms with van der Waals surface area (Å²) in [7, 11) is 0. The Balaban J connectivity index is 0.000000392. The number of benzene rings is 3. The average molecular weight is 507 g/mol. The molecule has 1 aliphatic rings. The highest BCUT2D eigenvalue weighted by atomic mass is 32.2. The Morgan fingerprint density at radius 2 is 1.44 bits per heavy atom. The predicted molar refractivity (Wildman–Crippen MR) is 134 cm³/mol. The molecule has 0 spiro atoms. The van der Waals surface area contributed by atoms with Gasteiger partial charge in [0.15, 0.2) is 6.54 Å². The van der Waals surface area contributed by atoms with E-state index in [4.69, 9.17) is 5.11 Å². The summed E-state index contributed by atoms with van der Waals surface area (Å²) in [5.74, 6) is -2.80. The van der Waals surface area contributed by atoms with Gasteiger partial charge in [0.1, 0.15) is 12.1 Å². The van der Waals surface area contributed by atoms with Gasteiger partial charge in [-0.2, -0.15) is 0 Å². The van der Waals surface area contributed by atoms with Gasteiger partial charge in [-0.25, -0.2) is 4.79 Å². The fourth-order valence-corrected chi connectivity index (χ4v) is 4.63. The molecule has 0 radical (unpaired) electrons. The molecule has 9 heteroatoms. The molecule has 0 bridgehead atoms. The molecule has 0 aromatic heterocycles. The Morgan fingerprint density at radius 3 is 1.94 bits per heavy atom. The molecule has 186 valence electrons. The summed E-state index contributed by atoms with van der Waals surface area (Å²) in [6.45, 7) is 2.21. The highest BCUT2D eigenvalue weighted by Gasteiger charge is 2.29. The third-order valence-electron chi connectivity index (χ3n) is 5.35. The molecular weight excluding hydrogens is 480 g/mol. The van der Waals surface area contributed by atoms with Crippen LogP contribution in [0.1, 0.15) is 18.6 Å². The number of carbonyl (C=O) groups excluding carboxylic acids is 2. The summed E-state index contributed by atoms with van der Waals surface area (Å²) >= 11 is 1.69. The number of aliphatic hydroxyl groups excluding tert-OH is 1. The molecule has 0 saturated heterocycles. The predicted octanol–water partition coefficient (Wildman–Crippen LogP) is 1.88. The third-order valence-corrected chi connectivity index (χ3v) is 6.48. The van der Waals surface area contributed by atoms with Crippen LogP contribution in [0.2, 0.25) is 0 Å². The van der Waals surface area contributed by atoms with Gasteiger partial charge in [-0.05, 0) is 42.8 Å². The Labute approximate surface area is 212 Å². The molecular formula is C27H26N2O6S. The number of para-hydroxylation sites is 2. The van der Waals surface area contributed by atoms with E-state index in [-0.39, 0.29) is 18.5 Å². The smallest absolute Gasteiger partial charge is 0.328 e. The molecule has 2 atom stereocenters. The van der Waals surface area contributed by atoms with E-state index in [9.17, 15) is 24.6 Å². The standard InChI is InChI=1S/C23H22N2O2S.C4H4O4/c1-16(23(27)17-9-3-2-4-10-17)24-15-22(26)25-18-11-5-7-13-20(18)28-21-14-8-6-12-19(21)25;5-3(6)1-2-4(7)8/h2-14,16,23-24,27H,15H2,1H3;1-2H,(H,5,6)(H,7,8)/b;2-1+. The third kappa shape index (κ3) is 7.05. The van der Waals surface area contributed by atoms with Crippen molar-refractivity contribution in [3.63, 3.8) is 0 Å². The van der Waals surface area contributed by atoms with Crippen LogP contribution in [0.25, 0.3) is 0 Å². The molecule has 0 fully saturated rings. The average Bonchev–Trinajstić information content (AvgIpc) is 2.89. The molecule has 36 heavy (non-hydrogen) atoms. The Bertz CT molecular complexity index is 1190. The highest BCUT2D eigenvalue weighted by Crippen LogP contribution is 2.47. The number of carboxylic acid groups (broad SMARTS) is 2. The molecule has 0 aliphatic carbocycles. The van der Waals surface area contributed by atoms with Crippen molar-refractivity contribution in [1.29, 1.82) is 0 Å². The molecule has 8 nitrogen and oxygen atoms in total. The number of nitrogens with zero attached hydrogens (tertiary/aromatic N) is 1. The normalized spacial score (nSPS) is 13.6. The zero-order valence-electron chi connectivity index (χ0n) is 19.5. The fraction of sp³-hybridized carbons (Fsp3) is 0.148. The maximum absolute atomic E-state index is 13.2. The number of aliphatic hydroxyl groups is 1. The second kappa shape index (κ2) is 12.7. The van der Waals surface area contributed by atoms with Crippen LogP contribution in [0.15, 0.2) is 101 Å². The van der Waals surface area contributed by atoms with E-state index in [1.807, 2.05) is 91.1 Å². The maximum Gasteiger partial charge on any atom is 0.328 e. The number of amides is 1. The fourth-order valence-electron chi connectivity index (χ4n) is 3.57. The van der Waals surface area contributed by atoms with Gasteiger partial charge in [-0.3, -0.25) is 9.69 Å². The number of hydrogen-bond donors (Lipinski definition) is 3. The van der Waals surface area contributed by atoms with Gasteiger partial charge < -0.3 is 25.4 Å². The van der Waals surface area contributed by atoms with E-state index in [1.165, 1.54) is 0 Å². The van der Waals surface area contributed by atoms with E-state index in [1.54, 1.807) is 16.7 Å². The second-order valence-corrected chi connectivity index (χ2v) is 9.00. The van der Waals surface area contributed by atoms with Crippen molar-refractivity contribution in [1.82, 2.24) is 0 Å². The van der Waals surface area contributed by atoms with E-state index in [2.05, 4.69) is 0 Å². The molecule has 1 aliphatic heterocycles. The van der Waals surface area contributed by atoms with Gasteiger partial charge in [-0.15, -0.1) is 0 Å². The summed E-state index contributed by atoms with van der Waals surface area (Å²) in [4.78, 5) is 36.1. The SMILES string of the molecule is CC([NH2+]CC(=O)N1c2ccccc2Sc2ccccc21)C(O)c1ccccc1.O=C([O-])/C=C/C(=O)O. The van der Waals surface area contributed by atoms with Gasteiger partial charge in [0.25, 0.3) is 5.91 Å². The quantitative estimate of drug-likeness (QED) is 0.417. The summed E-state index contributed by atoms with van der Waals surface area (Å²) in [5.41, 5.74) is 2.70. The van der Waals surface area contributed by atoms with Crippen molar-refractivity contribution in [3.05, 3.63) is 96.6 Å². The molecule has 1 heterocycles. The summed E-state index contributed by atoms with van der Waals surface area (Å²) in [6.07, 6.45) is 0.322. The monoisotopic (exact) mass is 506 g/mol. The lowest BCUT2D eigenvalue weighted by molar-refractivity contribution is -0.684. The van der Waals surface area contributed by atoms with Gasteiger partial charge in [0.05, 0.1) is 17.3 Å². The number of aliphatic carboxylic acids is 2. The van der Waals surface area contributed by atoms with Crippen LogP contribution >= 0.6 is 11.8 Å². The van der Waals surface area contributed by atoms with Crippen molar-refractivity contribution in [2.24, 2.45) is 0 Å². The van der Waals surface area contributed by atoms with Crippen LogP contribution in [0.5, 0.6) is 0 Å². The number of carboxylic acids is 2. The molecule has 3 aromatic carbocycles. The van der Waals surface area contributed by atoms with E-state index in [0.29, 0.717) is 12.2 Å². The zero-order chi connectivity index (χ0) is 26.1. The summed E-state index contributed by atoms with van der Waals surface area (Å²) < 4.78 is 0. The Morgan fingerprint density at radius 1 is 0.917 bits per heavy atom. The van der Waals surface area contributed by atoms with Crippen molar-refractivity contribution >= 4 is 41.0 Å². The lowest BCUT2D eigenvalue weighted by Crippen LogP contribution is -2.92. The molecule has 2 unspecified atom stereocenters. The topological polar surface area (TPSA) is 135 Å². The molecule has 4 N–H and O–H groups in total. The van der Waals surface area contributed by atoms with Crippen LogP contribution in [-0.2, 0) is 14.4 Å². The molecule has 0 saturated carbocycles. The Hall–Kier alpha value is -3.92. The van der Waals surface area contributed by atoms with Crippen molar-refractivity contribution in [2.45, 2.75) is 28.9 Å². The minimum absolute atomic E-state index is 0.00677. The first-order valence-corrected chi connectivity index (χ1v) is 12.0. The number of anilines is 2. The molecule has 4 rings (SSSR count). The lowest BCUT2D eigenvalue weighted by Gasteiger charge is -2.31. The van der Waals surface area contributed by atoms with Crippen LogP contribution in [0.3, 0.4) is 0 Å². The van der Waals surface area contributed by atoms with E-state index >= 15 is 0 Å². The highest BCUT2D eigenvalue weighted by molar-refractivity contribution is 7.99. The zero-order valence-corrected chi connectivity index (χ0v) is 20.3. The van der Waals surface area contributed by atoms with Gasteiger partial charge in [-0.1, -0.05) is 66.4 Å². The minimum Gasteiger partial charge on any atom is -0.545 e. The first-order chi connectivity index (χ1) is 17.3. The number of rotatable bonds is 7. The van der Waals surface area contributed by atoms with Crippen molar-refractivity contribution in [3.8, 4) is 0 Å². The van der Waals surface area contributed by atoms with Crippen LogP contribution < -0.4 is 15.3 Å². The number of nitrogens with two attached hydrogens (primary N) is 1. The molecule has 3 aromatic rings. The number of quaternary nitrogens is 1. The summed E-state index contributed by atoms with van der Waals surface area (Å²) in [6, 6.07) is 25.4. The number of carbonyl (C=O) groups is 3. The maximum atomic E-state index is 13.2. The van der Waals surface area contributed by atoms with Crippen molar-refractivity contribution in [2.75, 3.05) is 11.4 Å². The van der Waals surface area contributed by atoms with Gasteiger partial charge >= 0.3 is 5.97 Å². The first kappa shape index (κ1) is 26.7. The first-order valence-electron chi connectivity index (χ1n) is 11.1. The number of fused-ring (bicyclic) bond motifs is 2. The second-order valence-electron chi connectivity index (χ2n) is 7.91. The van der Waals surface area contributed by atoms with Crippen molar-refractivity contribution < 1.29 is 35.0 Å². The van der Waals surface area contributed by atoms with Crippen LogP contribution in [-0.4, -0.2) is 40.6 Å². The lowest BCUT2D eigenvalue weighted by atomic mass is 10.0. The summed E-state index contributed by atoms with van der Waals surface area (Å²) in [5, 5.41) is 29.7. The van der Waals surface area contributed by atoms with Gasteiger partial charge in [0.2, 0.25) is 0 Å². The largest absolute Gasteiger partial charge is 0.545 e. The minimum atomic E-state index is -1.51. The Kier molecular flexibility index (Phi) is 9.40. The number of hydrogen-bond acceptors (Lipinski definition) is 6.